The van der Waals surface area contributed by atoms with Crippen molar-refractivity contribution in [2.24, 2.45) is 5.92 Å². The number of aromatic nitrogens is 1. The molecule has 0 bridgehead atoms. The third-order valence-corrected chi connectivity index (χ3v) is 6.70. The molecule has 0 radical (unpaired) electrons. The summed E-state index contributed by atoms with van der Waals surface area (Å²) in [6.45, 7) is 9.96. The number of likely N-dealkylation sites (N-methyl/N-ethyl adjacent to an activating group) is 1. The van der Waals surface area contributed by atoms with Crippen LogP contribution in [0.1, 0.15) is 42.7 Å². The molecule has 1 aromatic carbocycles. The number of pyridine rings is 1. The molecule has 2 saturated heterocycles. The van der Waals surface area contributed by atoms with Gasteiger partial charge in [-0.15, -0.1) is 0 Å². The number of likely N-dealkylation sites (tertiary alicyclic amines) is 1. The Morgan fingerprint density at radius 1 is 1.06 bits per heavy atom. The lowest BCUT2D eigenvalue weighted by molar-refractivity contribution is 0.0402. The van der Waals surface area contributed by atoms with Crippen LogP contribution in [0.4, 0.5) is 0 Å². The molecule has 6 heteroatoms. The van der Waals surface area contributed by atoms with Crippen LogP contribution >= 0.6 is 0 Å². The summed E-state index contributed by atoms with van der Waals surface area (Å²) < 4.78 is 6.23. The van der Waals surface area contributed by atoms with E-state index in [1.54, 1.807) is 0 Å². The van der Waals surface area contributed by atoms with E-state index in [1.807, 2.05) is 42.6 Å². The lowest BCUT2D eigenvalue weighted by Gasteiger charge is -2.42. The fourth-order valence-corrected chi connectivity index (χ4v) is 4.72. The number of piperidine rings is 1. The first-order valence-electron chi connectivity index (χ1n) is 11.9. The van der Waals surface area contributed by atoms with Gasteiger partial charge in [0.1, 0.15) is 11.9 Å². The quantitative estimate of drug-likeness (QED) is 0.693. The first kappa shape index (κ1) is 22.7. The number of rotatable bonds is 6. The maximum absolute atomic E-state index is 13.2. The summed E-state index contributed by atoms with van der Waals surface area (Å²) in [5.74, 6) is 1.42. The van der Waals surface area contributed by atoms with Crippen molar-refractivity contribution in [2.45, 2.75) is 45.4 Å². The van der Waals surface area contributed by atoms with E-state index in [0.717, 1.165) is 69.1 Å². The zero-order chi connectivity index (χ0) is 22.5. The molecule has 2 aliphatic heterocycles. The van der Waals surface area contributed by atoms with Gasteiger partial charge < -0.3 is 14.5 Å². The summed E-state index contributed by atoms with van der Waals surface area (Å²) in [7, 11) is 2.13. The van der Waals surface area contributed by atoms with E-state index >= 15 is 0 Å². The minimum absolute atomic E-state index is 0.131. The number of carbonyl (C=O) groups excluding carboxylic acids is 1. The Kier molecular flexibility index (Phi) is 7.43. The Bertz CT molecular complexity index is 863. The average molecular weight is 437 g/mol. The zero-order valence-corrected chi connectivity index (χ0v) is 19.6. The number of hydrogen-bond acceptors (Lipinski definition) is 5. The van der Waals surface area contributed by atoms with Crippen molar-refractivity contribution < 1.29 is 9.53 Å². The summed E-state index contributed by atoms with van der Waals surface area (Å²) in [6.07, 6.45) is 4.08. The monoisotopic (exact) mass is 436 g/mol. The molecule has 1 aromatic heterocycles. The normalized spacial score (nSPS) is 21.1. The SMILES string of the molecule is CC(C)[C@H]1CN(C)CCN1C(=O)c1ccc(OC2CCN(Cc3ccccn3)CC2)cc1. The Balaban J connectivity index is 1.29. The molecule has 172 valence electrons. The predicted octanol–water partition coefficient (Wildman–Crippen LogP) is 3.54. The van der Waals surface area contributed by atoms with E-state index < -0.39 is 0 Å². The van der Waals surface area contributed by atoms with Gasteiger partial charge in [-0.05, 0) is 62.2 Å². The fraction of sp³-hybridized carbons (Fsp3) is 0.538. The second kappa shape index (κ2) is 10.5. The molecule has 6 nitrogen and oxygen atoms in total. The molecule has 2 aromatic rings. The number of piperazine rings is 1. The number of nitrogens with zero attached hydrogens (tertiary/aromatic N) is 4. The van der Waals surface area contributed by atoms with Crippen molar-refractivity contribution in [1.82, 2.24) is 19.7 Å². The summed E-state index contributed by atoms with van der Waals surface area (Å²) >= 11 is 0. The second-order valence-corrected chi connectivity index (χ2v) is 9.51. The molecule has 2 fully saturated rings. The van der Waals surface area contributed by atoms with Gasteiger partial charge in [0, 0.05) is 57.1 Å². The maximum atomic E-state index is 13.2. The van der Waals surface area contributed by atoms with Crippen molar-refractivity contribution in [2.75, 3.05) is 39.8 Å². The summed E-state index contributed by atoms with van der Waals surface area (Å²) in [4.78, 5) is 24.4. The van der Waals surface area contributed by atoms with Crippen molar-refractivity contribution >= 4 is 5.91 Å². The van der Waals surface area contributed by atoms with Gasteiger partial charge in [-0.1, -0.05) is 19.9 Å². The number of amides is 1. The summed E-state index contributed by atoms with van der Waals surface area (Å²) in [5, 5.41) is 0. The third-order valence-electron chi connectivity index (χ3n) is 6.70. The molecule has 1 amide bonds. The topological polar surface area (TPSA) is 48.9 Å². The molecule has 2 aliphatic rings. The highest BCUT2D eigenvalue weighted by Crippen LogP contribution is 2.23. The molecule has 3 heterocycles. The van der Waals surface area contributed by atoms with E-state index in [1.165, 1.54) is 0 Å². The zero-order valence-electron chi connectivity index (χ0n) is 19.6. The Morgan fingerprint density at radius 2 is 1.81 bits per heavy atom. The minimum Gasteiger partial charge on any atom is -0.490 e. The van der Waals surface area contributed by atoms with Gasteiger partial charge in [-0.2, -0.15) is 0 Å². The Labute approximate surface area is 192 Å². The number of benzene rings is 1. The third kappa shape index (κ3) is 5.67. The molecule has 32 heavy (non-hydrogen) atoms. The highest BCUT2D eigenvalue weighted by molar-refractivity contribution is 5.94. The van der Waals surface area contributed by atoms with Crippen LogP contribution in [0, 0.1) is 5.92 Å². The minimum atomic E-state index is 0.131. The van der Waals surface area contributed by atoms with Crippen molar-refractivity contribution in [3.8, 4) is 5.75 Å². The predicted molar refractivity (Wildman–Crippen MR) is 127 cm³/mol. The molecular formula is C26H36N4O2. The van der Waals surface area contributed by atoms with E-state index in [-0.39, 0.29) is 18.1 Å². The van der Waals surface area contributed by atoms with Crippen LogP contribution in [0.15, 0.2) is 48.7 Å². The van der Waals surface area contributed by atoms with Crippen molar-refractivity contribution in [3.05, 3.63) is 59.9 Å². The van der Waals surface area contributed by atoms with Gasteiger partial charge in [-0.25, -0.2) is 0 Å². The average Bonchev–Trinajstić information content (AvgIpc) is 2.81. The van der Waals surface area contributed by atoms with Gasteiger partial charge in [0.25, 0.3) is 5.91 Å². The number of ether oxygens (including phenoxy) is 1. The second-order valence-electron chi connectivity index (χ2n) is 9.51. The maximum Gasteiger partial charge on any atom is 0.254 e. The molecule has 0 aliphatic carbocycles. The van der Waals surface area contributed by atoms with E-state index in [9.17, 15) is 4.79 Å². The Morgan fingerprint density at radius 3 is 2.47 bits per heavy atom. The molecule has 1 atom stereocenters. The highest BCUT2D eigenvalue weighted by Gasteiger charge is 2.31. The van der Waals surface area contributed by atoms with Crippen LogP contribution in [0.3, 0.4) is 0 Å². The van der Waals surface area contributed by atoms with Crippen LogP contribution in [0.25, 0.3) is 0 Å². The molecule has 4 rings (SSSR count). The number of hydrogen-bond donors (Lipinski definition) is 0. The summed E-state index contributed by atoms with van der Waals surface area (Å²) in [5.41, 5.74) is 1.87. The summed E-state index contributed by atoms with van der Waals surface area (Å²) in [6, 6.07) is 14.1. The van der Waals surface area contributed by atoms with Gasteiger partial charge in [0.15, 0.2) is 0 Å². The van der Waals surface area contributed by atoms with Crippen LogP contribution in [0.2, 0.25) is 0 Å². The lowest BCUT2D eigenvalue weighted by atomic mass is 9.98. The van der Waals surface area contributed by atoms with Crippen LogP contribution < -0.4 is 4.74 Å². The Hall–Kier alpha value is -2.44. The van der Waals surface area contributed by atoms with Crippen molar-refractivity contribution in [3.63, 3.8) is 0 Å². The van der Waals surface area contributed by atoms with Gasteiger partial charge in [0.2, 0.25) is 0 Å². The van der Waals surface area contributed by atoms with E-state index in [4.69, 9.17) is 4.74 Å². The molecule has 0 N–H and O–H groups in total. The smallest absolute Gasteiger partial charge is 0.254 e. The molecule has 0 saturated carbocycles. The van der Waals surface area contributed by atoms with Gasteiger partial charge in [0.05, 0.1) is 5.69 Å². The van der Waals surface area contributed by atoms with Gasteiger partial charge in [-0.3, -0.25) is 14.7 Å². The van der Waals surface area contributed by atoms with E-state index in [2.05, 4.69) is 46.6 Å². The first-order chi connectivity index (χ1) is 15.5. The lowest BCUT2D eigenvalue weighted by Crippen LogP contribution is -2.56. The molecule has 0 unspecified atom stereocenters. The fourth-order valence-electron chi connectivity index (χ4n) is 4.72. The standard InChI is InChI=1S/C26H36N4O2/c1-20(2)25-19-28(3)16-17-30(25)26(31)21-7-9-23(10-8-21)32-24-11-14-29(15-12-24)18-22-6-4-5-13-27-22/h4-10,13,20,24-25H,11-12,14-19H2,1-3H3/t25-/m1/s1. The highest BCUT2D eigenvalue weighted by atomic mass is 16.5. The van der Waals surface area contributed by atoms with Crippen LogP contribution in [-0.2, 0) is 6.54 Å². The van der Waals surface area contributed by atoms with Crippen LogP contribution in [0.5, 0.6) is 5.75 Å². The molecule has 0 spiro atoms. The number of carbonyl (C=O) groups is 1. The first-order valence-corrected chi connectivity index (χ1v) is 11.9. The van der Waals surface area contributed by atoms with Crippen molar-refractivity contribution in [1.29, 1.82) is 0 Å². The largest absolute Gasteiger partial charge is 0.490 e. The van der Waals surface area contributed by atoms with Gasteiger partial charge >= 0.3 is 0 Å². The van der Waals surface area contributed by atoms with Crippen LogP contribution in [-0.4, -0.2) is 77.5 Å². The van der Waals surface area contributed by atoms with E-state index in [0.29, 0.717) is 5.92 Å². The molecular weight excluding hydrogens is 400 g/mol.